The number of benzene rings is 1. The molecular formula is C19H21N3O3. The Morgan fingerprint density at radius 2 is 2.16 bits per heavy atom. The minimum absolute atomic E-state index is 0.00701. The van der Waals surface area contributed by atoms with Gasteiger partial charge in [-0.1, -0.05) is 24.3 Å². The first-order valence-corrected chi connectivity index (χ1v) is 8.23. The summed E-state index contributed by atoms with van der Waals surface area (Å²) in [6.45, 7) is 1.30. The predicted octanol–water partition coefficient (Wildman–Crippen LogP) is 1.76. The molecule has 1 saturated heterocycles. The minimum atomic E-state index is -0.320. The summed E-state index contributed by atoms with van der Waals surface area (Å²) < 4.78 is 5.33. The Morgan fingerprint density at radius 1 is 1.32 bits per heavy atom. The van der Waals surface area contributed by atoms with Crippen LogP contribution >= 0.6 is 0 Å². The number of hydrogen-bond acceptors (Lipinski definition) is 4. The maximum absolute atomic E-state index is 12.4. The molecule has 6 nitrogen and oxygen atoms in total. The molecule has 2 aromatic rings. The van der Waals surface area contributed by atoms with Crippen molar-refractivity contribution >= 4 is 11.8 Å². The Labute approximate surface area is 146 Å². The van der Waals surface area contributed by atoms with E-state index in [9.17, 15) is 9.59 Å². The lowest BCUT2D eigenvalue weighted by molar-refractivity contribution is -0.129. The molecule has 0 bridgehead atoms. The molecule has 0 saturated carbocycles. The van der Waals surface area contributed by atoms with Crippen LogP contribution in [0.3, 0.4) is 0 Å². The largest absolute Gasteiger partial charge is 0.496 e. The van der Waals surface area contributed by atoms with E-state index < -0.39 is 0 Å². The fourth-order valence-corrected chi connectivity index (χ4v) is 2.98. The van der Waals surface area contributed by atoms with Crippen molar-refractivity contribution in [1.29, 1.82) is 0 Å². The normalized spacial score (nSPS) is 16.8. The van der Waals surface area contributed by atoms with Gasteiger partial charge in [-0.3, -0.25) is 14.6 Å². The highest BCUT2D eigenvalue weighted by Gasteiger charge is 2.34. The van der Waals surface area contributed by atoms with E-state index in [2.05, 4.69) is 10.3 Å². The highest BCUT2D eigenvalue weighted by Crippen LogP contribution is 2.24. The quantitative estimate of drug-likeness (QED) is 0.870. The summed E-state index contributed by atoms with van der Waals surface area (Å²) in [5, 5.41) is 2.89. The molecule has 0 aliphatic carbocycles. The number of carbonyl (C=O) groups is 2. The van der Waals surface area contributed by atoms with E-state index in [0.717, 1.165) is 16.9 Å². The number of pyridine rings is 1. The Balaban J connectivity index is 1.57. The summed E-state index contributed by atoms with van der Waals surface area (Å²) >= 11 is 0. The lowest BCUT2D eigenvalue weighted by Crippen LogP contribution is -2.32. The monoisotopic (exact) mass is 339 g/mol. The summed E-state index contributed by atoms with van der Waals surface area (Å²) in [6, 6.07) is 11.3. The average molecular weight is 339 g/mol. The Bertz CT molecular complexity index is 749. The topological polar surface area (TPSA) is 71.5 Å². The van der Waals surface area contributed by atoms with Gasteiger partial charge >= 0.3 is 0 Å². The van der Waals surface area contributed by atoms with Crippen LogP contribution in [0, 0.1) is 5.92 Å². The van der Waals surface area contributed by atoms with Crippen LogP contribution in [-0.2, 0) is 22.7 Å². The molecule has 6 heteroatoms. The second kappa shape index (κ2) is 7.79. The van der Waals surface area contributed by atoms with Crippen LogP contribution in [0.4, 0.5) is 0 Å². The van der Waals surface area contributed by atoms with Gasteiger partial charge in [0, 0.05) is 44.0 Å². The fraction of sp³-hybridized carbons (Fsp3) is 0.316. The third-order valence-electron chi connectivity index (χ3n) is 4.33. The number of amides is 2. The predicted molar refractivity (Wildman–Crippen MR) is 92.6 cm³/mol. The highest BCUT2D eigenvalue weighted by atomic mass is 16.5. The lowest BCUT2D eigenvalue weighted by Gasteiger charge is -2.18. The number of likely N-dealkylation sites (tertiary alicyclic amines) is 1. The van der Waals surface area contributed by atoms with Gasteiger partial charge in [0.2, 0.25) is 11.8 Å². The van der Waals surface area contributed by atoms with Crippen LogP contribution in [-0.4, -0.2) is 35.4 Å². The van der Waals surface area contributed by atoms with Crippen LogP contribution in [0.1, 0.15) is 17.5 Å². The number of aromatic nitrogens is 1. The molecule has 3 rings (SSSR count). The Morgan fingerprint density at radius 3 is 2.92 bits per heavy atom. The second-order valence-corrected chi connectivity index (χ2v) is 6.07. The average Bonchev–Trinajstić information content (AvgIpc) is 3.02. The Kier molecular flexibility index (Phi) is 5.28. The number of rotatable bonds is 6. The third-order valence-corrected chi connectivity index (χ3v) is 4.33. The molecule has 130 valence electrons. The van der Waals surface area contributed by atoms with E-state index in [-0.39, 0.29) is 24.2 Å². The van der Waals surface area contributed by atoms with Gasteiger partial charge in [0.05, 0.1) is 13.0 Å². The van der Waals surface area contributed by atoms with Crippen LogP contribution < -0.4 is 10.1 Å². The van der Waals surface area contributed by atoms with E-state index in [1.165, 1.54) is 0 Å². The molecule has 1 aromatic carbocycles. The molecule has 2 amide bonds. The fourth-order valence-electron chi connectivity index (χ4n) is 2.98. The number of hydrogen-bond donors (Lipinski definition) is 1. The van der Waals surface area contributed by atoms with Crippen molar-refractivity contribution in [3.05, 3.63) is 59.9 Å². The van der Waals surface area contributed by atoms with Crippen molar-refractivity contribution in [2.45, 2.75) is 19.5 Å². The molecule has 0 unspecified atom stereocenters. The van der Waals surface area contributed by atoms with E-state index >= 15 is 0 Å². The van der Waals surface area contributed by atoms with Crippen molar-refractivity contribution in [2.24, 2.45) is 5.92 Å². The van der Waals surface area contributed by atoms with Crippen LogP contribution in [0.15, 0.2) is 48.8 Å². The van der Waals surface area contributed by atoms with E-state index in [1.807, 2.05) is 36.4 Å². The maximum atomic E-state index is 12.4. The SMILES string of the molecule is COc1ccccc1CN1C[C@@H](C(=O)NCc2cccnc2)CC1=O. The van der Waals surface area contributed by atoms with Gasteiger partial charge in [0.25, 0.3) is 0 Å². The van der Waals surface area contributed by atoms with Gasteiger partial charge < -0.3 is 15.0 Å². The number of methoxy groups -OCH3 is 1. The molecule has 0 radical (unpaired) electrons. The summed E-state index contributed by atoms with van der Waals surface area (Å²) in [4.78, 5) is 30.3. The lowest BCUT2D eigenvalue weighted by atomic mass is 10.1. The number of ether oxygens (including phenoxy) is 1. The molecule has 1 aliphatic heterocycles. The molecule has 1 atom stereocenters. The molecule has 25 heavy (non-hydrogen) atoms. The van der Waals surface area contributed by atoms with Crippen LogP contribution in [0.2, 0.25) is 0 Å². The van der Waals surface area contributed by atoms with E-state index in [4.69, 9.17) is 4.74 Å². The van der Waals surface area contributed by atoms with Gasteiger partial charge in [-0.15, -0.1) is 0 Å². The number of para-hydroxylation sites is 1. The van der Waals surface area contributed by atoms with Crippen molar-refractivity contribution in [1.82, 2.24) is 15.2 Å². The molecular weight excluding hydrogens is 318 g/mol. The highest BCUT2D eigenvalue weighted by molar-refractivity contribution is 5.89. The zero-order valence-electron chi connectivity index (χ0n) is 14.1. The maximum Gasteiger partial charge on any atom is 0.225 e. The van der Waals surface area contributed by atoms with E-state index in [1.54, 1.807) is 24.4 Å². The summed E-state index contributed by atoms with van der Waals surface area (Å²) in [7, 11) is 1.61. The molecule has 1 fully saturated rings. The van der Waals surface area contributed by atoms with Crippen molar-refractivity contribution < 1.29 is 14.3 Å². The summed E-state index contributed by atoms with van der Waals surface area (Å²) in [6.07, 6.45) is 3.65. The number of carbonyl (C=O) groups excluding carboxylic acids is 2. The standard InChI is InChI=1S/C19H21N3O3/c1-25-17-7-3-2-6-15(17)12-22-13-16(9-18(22)23)19(24)21-11-14-5-4-8-20-10-14/h2-8,10,16H,9,11-13H2,1H3,(H,21,24)/t16-/m0/s1. The molecule has 1 aromatic heterocycles. The van der Waals surface area contributed by atoms with Gasteiger partial charge in [0.15, 0.2) is 0 Å². The van der Waals surface area contributed by atoms with Crippen LogP contribution in [0.5, 0.6) is 5.75 Å². The summed E-state index contributed by atoms with van der Waals surface area (Å²) in [5.74, 6) is 0.325. The number of nitrogens with zero attached hydrogens (tertiary/aromatic N) is 2. The minimum Gasteiger partial charge on any atom is -0.496 e. The first-order chi connectivity index (χ1) is 12.2. The number of nitrogens with one attached hydrogen (secondary N) is 1. The molecule has 1 aliphatic rings. The Hall–Kier alpha value is -2.89. The van der Waals surface area contributed by atoms with Gasteiger partial charge in [0.1, 0.15) is 5.75 Å². The van der Waals surface area contributed by atoms with Gasteiger partial charge in [-0.2, -0.15) is 0 Å². The third kappa shape index (κ3) is 4.15. The molecule has 2 heterocycles. The zero-order chi connectivity index (χ0) is 17.6. The molecule has 1 N–H and O–H groups in total. The first-order valence-electron chi connectivity index (χ1n) is 8.23. The zero-order valence-corrected chi connectivity index (χ0v) is 14.1. The second-order valence-electron chi connectivity index (χ2n) is 6.07. The van der Waals surface area contributed by atoms with Crippen molar-refractivity contribution in [3.8, 4) is 5.75 Å². The van der Waals surface area contributed by atoms with Crippen LogP contribution in [0.25, 0.3) is 0 Å². The molecule has 0 spiro atoms. The first kappa shape index (κ1) is 17.0. The summed E-state index contributed by atoms with van der Waals surface area (Å²) in [5.41, 5.74) is 1.88. The van der Waals surface area contributed by atoms with E-state index in [0.29, 0.717) is 19.6 Å². The smallest absolute Gasteiger partial charge is 0.225 e. The van der Waals surface area contributed by atoms with Crippen molar-refractivity contribution in [2.75, 3.05) is 13.7 Å². The van der Waals surface area contributed by atoms with Crippen molar-refractivity contribution in [3.63, 3.8) is 0 Å². The van der Waals surface area contributed by atoms with Gasteiger partial charge in [-0.25, -0.2) is 0 Å². The van der Waals surface area contributed by atoms with Gasteiger partial charge in [-0.05, 0) is 17.7 Å².